The molecule has 1 rings (SSSR count). The molecule has 19 heavy (non-hydrogen) atoms. The minimum absolute atomic E-state index is 0.209. The van der Waals surface area contributed by atoms with E-state index in [2.05, 4.69) is 10.6 Å². The molecule has 0 saturated carbocycles. The first-order valence-corrected chi connectivity index (χ1v) is 5.71. The predicted molar refractivity (Wildman–Crippen MR) is 62.8 cm³/mol. The summed E-state index contributed by atoms with van der Waals surface area (Å²) < 4.78 is 0. The summed E-state index contributed by atoms with van der Waals surface area (Å²) in [6.07, 6.45) is -0.470. The van der Waals surface area contributed by atoms with Crippen LogP contribution in [0, 0.1) is 0 Å². The number of nitrogens with zero attached hydrogens (tertiary/aromatic N) is 1. The van der Waals surface area contributed by atoms with Gasteiger partial charge in [0, 0.05) is 13.1 Å². The molecule has 1 aliphatic rings. The molecule has 1 atom stereocenters. The Hall–Kier alpha value is -2.16. The minimum atomic E-state index is -1.18. The van der Waals surface area contributed by atoms with Crippen LogP contribution < -0.4 is 16.4 Å². The number of hydrogen-bond acceptors (Lipinski definition) is 5. The number of aliphatic carboxylic acids is 1. The van der Waals surface area contributed by atoms with Gasteiger partial charge in [-0.15, -0.1) is 0 Å². The maximum absolute atomic E-state index is 11.9. The molecular weight excluding hydrogens is 256 g/mol. The number of piperazine rings is 1. The molecular formula is C10H16N4O5. The van der Waals surface area contributed by atoms with Crippen LogP contribution in [0.15, 0.2) is 0 Å². The van der Waals surface area contributed by atoms with Crippen LogP contribution in [0.4, 0.5) is 0 Å². The number of hydrogen-bond donors (Lipinski definition) is 4. The van der Waals surface area contributed by atoms with E-state index in [0.29, 0.717) is 0 Å². The lowest BCUT2D eigenvalue weighted by Gasteiger charge is -2.34. The van der Waals surface area contributed by atoms with Crippen LogP contribution in [0.5, 0.6) is 0 Å². The second-order valence-electron chi connectivity index (χ2n) is 3.97. The molecule has 0 radical (unpaired) electrons. The molecule has 0 bridgehead atoms. The lowest BCUT2D eigenvalue weighted by Crippen LogP contribution is -2.59. The van der Waals surface area contributed by atoms with Gasteiger partial charge in [-0.1, -0.05) is 0 Å². The van der Waals surface area contributed by atoms with E-state index in [1.54, 1.807) is 0 Å². The third-order valence-corrected chi connectivity index (χ3v) is 2.64. The molecule has 0 spiro atoms. The van der Waals surface area contributed by atoms with Crippen molar-refractivity contribution in [1.82, 2.24) is 15.5 Å². The summed E-state index contributed by atoms with van der Waals surface area (Å²) in [4.78, 5) is 46.2. The fourth-order valence-electron chi connectivity index (χ4n) is 1.73. The Bertz CT molecular complexity index is 397. The first-order chi connectivity index (χ1) is 8.95. The molecule has 1 saturated heterocycles. The van der Waals surface area contributed by atoms with E-state index in [1.807, 2.05) is 0 Å². The van der Waals surface area contributed by atoms with Crippen molar-refractivity contribution in [3.63, 3.8) is 0 Å². The van der Waals surface area contributed by atoms with Crippen molar-refractivity contribution >= 4 is 23.7 Å². The number of nitrogens with one attached hydrogen (secondary N) is 2. The summed E-state index contributed by atoms with van der Waals surface area (Å²) in [5, 5.41) is 13.5. The summed E-state index contributed by atoms with van der Waals surface area (Å²) >= 11 is 0. The van der Waals surface area contributed by atoms with Gasteiger partial charge in [0.2, 0.25) is 17.7 Å². The molecule has 1 fully saturated rings. The lowest BCUT2D eigenvalue weighted by molar-refractivity contribution is -0.148. The van der Waals surface area contributed by atoms with Gasteiger partial charge in [-0.3, -0.25) is 19.2 Å². The fraction of sp³-hybridized carbons (Fsp3) is 0.600. The molecule has 9 heteroatoms. The molecule has 0 aromatic rings. The van der Waals surface area contributed by atoms with Crippen LogP contribution in [-0.2, 0) is 19.2 Å². The topological polar surface area (TPSA) is 142 Å². The minimum Gasteiger partial charge on any atom is -0.481 e. The first kappa shape index (κ1) is 14.9. The van der Waals surface area contributed by atoms with Gasteiger partial charge in [-0.05, 0) is 0 Å². The largest absolute Gasteiger partial charge is 0.481 e. The number of carboxylic acids is 1. The number of rotatable bonds is 5. The Morgan fingerprint density at radius 2 is 2.16 bits per heavy atom. The van der Waals surface area contributed by atoms with Gasteiger partial charge in [0.15, 0.2) is 0 Å². The highest BCUT2D eigenvalue weighted by Crippen LogP contribution is 2.09. The van der Waals surface area contributed by atoms with Crippen molar-refractivity contribution in [3.8, 4) is 0 Å². The maximum atomic E-state index is 11.9. The average Bonchev–Trinajstić information content (AvgIpc) is 2.37. The van der Waals surface area contributed by atoms with Crippen LogP contribution in [0.1, 0.15) is 6.42 Å². The number of amides is 3. The second-order valence-corrected chi connectivity index (χ2v) is 3.97. The molecule has 5 N–H and O–H groups in total. The lowest BCUT2D eigenvalue weighted by atomic mass is 10.1. The predicted octanol–water partition coefficient (Wildman–Crippen LogP) is -3.14. The van der Waals surface area contributed by atoms with Crippen LogP contribution in [0.2, 0.25) is 0 Å². The monoisotopic (exact) mass is 272 g/mol. The van der Waals surface area contributed by atoms with Crippen molar-refractivity contribution in [2.45, 2.75) is 12.5 Å². The third kappa shape index (κ3) is 4.21. The Balaban J connectivity index is 2.65. The highest BCUT2D eigenvalue weighted by molar-refractivity contribution is 5.93. The number of carbonyl (C=O) groups is 4. The normalized spacial score (nSPS) is 18.7. The summed E-state index contributed by atoms with van der Waals surface area (Å²) in [5.41, 5.74) is 5.07. The van der Waals surface area contributed by atoms with Crippen molar-refractivity contribution in [1.29, 1.82) is 0 Å². The second kappa shape index (κ2) is 6.69. The van der Waals surface area contributed by atoms with E-state index in [0.717, 1.165) is 4.90 Å². The van der Waals surface area contributed by atoms with Crippen molar-refractivity contribution in [2.24, 2.45) is 5.73 Å². The molecule has 0 aromatic carbocycles. The first-order valence-electron chi connectivity index (χ1n) is 5.71. The molecule has 1 aliphatic heterocycles. The molecule has 106 valence electrons. The van der Waals surface area contributed by atoms with Gasteiger partial charge in [0.05, 0.1) is 19.5 Å². The zero-order valence-electron chi connectivity index (χ0n) is 10.2. The van der Waals surface area contributed by atoms with Crippen molar-refractivity contribution < 1.29 is 24.3 Å². The van der Waals surface area contributed by atoms with E-state index >= 15 is 0 Å². The van der Waals surface area contributed by atoms with E-state index in [9.17, 15) is 19.2 Å². The van der Waals surface area contributed by atoms with Gasteiger partial charge >= 0.3 is 5.97 Å². The van der Waals surface area contributed by atoms with Crippen LogP contribution >= 0.6 is 0 Å². The van der Waals surface area contributed by atoms with E-state index in [1.165, 1.54) is 0 Å². The Kier molecular flexibility index (Phi) is 5.24. The summed E-state index contributed by atoms with van der Waals surface area (Å²) in [5.74, 6) is -2.69. The fourth-order valence-corrected chi connectivity index (χ4v) is 1.73. The molecule has 0 aliphatic carbocycles. The molecule has 1 heterocycles. The third-order valence-electron chi connectivity index (χ3n) is 2.64. The molecule has 0 aromatic heterocycles. The highest BCUT2D eigenvalue weighted by Gasteiger charge is 2.34. The SMILES string of the molecule is NCC(=O)NCC(=O)N1CCNC(=O)C1CC(=O)O. The van der Waals surface area contributed by atoms with Gasteiger partial charge in [0.25, 0.3) is 0 Å². The van der Waals surface area contributed by atoms with Crippen molar-refractivity contribution in [3.05, 3.63) is 0 Å². The molecule has 3 amide bonds. The van der Waals surface area contributed by atoms with E-state index in [-0.39, 0.29) is 26.2 Å². The van der Waals surface area contributed by atoms with Gasteiger partial charge < -0.3 is 26.4 Å². The van der Waals surface area contributed by atoms with E-state index in [4.69, 9.17) is 10.8 Å². The number of carbonyl (C=O) groups excluding carboxylic acids is 3. The van der Waals surface area contributed by atoms with E-state index < -0.39 is 36.2 Å². The Labute approximate surface area is 109 Å². The maximum Gasteiger partial charge on any atom is 0.305 e. The molecule has 9 nitrogen and oxygen atoms in total. The Morgan fingerprint density at radius 1 is 1.47 bits per heavy atom. The zero-order valence-corrected chi connectivity index (χ0v) is 10.2. The van der Waals surface area contributed by atoms with Crippen LogP contribution in [0.25, 0.3) is 0 Å². The van der Waals surface area contributed by atoms with Gasteiger partial charge in [-0.2, -0.15) is 0 Å². The summed E-state index contributed by atoms with van der Waals surface area (Å²) in [6, 6.07) is -1.05. The Morgan fingerprint density at radius 3 is 2.74 bits per heavy atom. The standard InChI is InChI=1S/C10H16N4O5/c11-4-7(15)13-5-8(16)14-2-1-12-10(19)6(14)3-9(17)18/h6H,1-5,11H2,(H,12,19)(H,13,15)(H,17,18). The van der Waals surface area contributed by atoms with Gasteiger partial charge in [0.1, 0.15) is 6.04 Å². The zero-order chi connectivity index (χ0) is 14.4. The smallest absolute Gasteiger partial charge is 0.305 e. The summed E-state index contributed by atoms with van der Waals surface area (Å²) in [7, 11) is 0. The van der Waals surface area contributed by atoms with Crippen molar-refractivity contribution in [2.75, 3.05) is 26.2 Å². The van der Waals surface area contributed by atoms with Gasteiger partial charge in [-0.25, -0.2) is 0 Å². The quantitative estimate of drug-likeness (QED) is 0.416. The number of carboxylic acid groups (broad SMARTS) is 1. The average molecular weight is 272 g/mol. The highest BCUT2D eigenvalue weighted by atomic mass is 16.4. The van der Waals surface area contributed by atoms with Crippen LogP contribution in [-0.4, -0.2) is 65.9 Å². The van der Waals surface area contributed by atoms with Crippen LogP contribution in [0.3, 0.4) is 0 Å². The number of nitrogens with two attached hydrogens (primary N) is 1. The summed E-state index contributed by atoms with van der Waals surface area (Å²) in [6.45, 7) is -0.0850. The molecule has 1 unspecified atom stereocenters.